The maximum atomic E-state index is 12.3. The van der Waals surface area contributed by atoms with Crippen LogP contribution >= 0.6 is 0 Å². The van der Waals surface area contributed by atoms with Crippen LogP contribution in [0.15, 0.2) is 70.5 Å². The van der Waals surface area contributed by atoms with Crippen molar-refractivity contribution in [2.75, 3.05) is 0 Å². The molecule has 134 valence electrons. The topological polar surface area (TPSA) is 44.0 Å². The molecule has 2 heterocycles. The first-order valence-corrected chi connectivity index (χ1v) is 9.04. The van der Waals surface area contributed by atoms with Crippen LogP contribution in [0.4, 0.5) is 0 Å². The van der Waals surface area contributed by atoms with Crippen molar-refractivity contribution in [1.82, 2.24) is 9.13 Å². The van der Waals surface area contributed by atoms with Crippen molar-refractivity contribution in [3.8, 4) is 11.1 Å². The summed E-state index contributed by atoms with van der Waals surface area (Å²) in [6.45, 7) is 5.25. The molecule has 3 rings (SSSR count). The number of rotatable bonds is 6. The van der Waals surface area contributed by atoms with Crippen LogP contribution in [0, 0.1) is 6.92 Å². The second-order valence-electron chi connectivity index (χ2n) is 6.63. The Morgan fingerprint density at radius 1 is 0.923 bits per heavy atom. The molecule has 0 saturated carbocycles. The van der Waals surface area contributed by atoms with E-state index in [1.807, 2.05) is 48.0 Å². The van der Waals surface area contributed by atoms with Gasteiger partial charge in [-0.2, -0.15) is 0 Å². The third-order valence-corrected chi connectivity index (χ3v) is 4.53. The quantitative estimate of drug-likeness (QED) is 0.679. The van der Waals surface area contributed by atoms with Crippen LogP contribution in [0.1, 0.15) is 30.9 Å². The number of aromatic nitrogens is 2. The highest BCUT2D eigenvalue weighted by Gasteiger charge is 2.06. The van der Waals surface area contributed by atoms with E-state index in [0.717, 1.165) is 41.6 Å². The van der Waals surface area contributed by atoms with E-state index in [1.165, 1.54) is 0 Å². The zero-order valence-electron chi connectivity index (χ0n) is 15.3. The van der Waals surface area contributed by atoms with Crippen molar-refractivity contribution in [3.63, 3.8) is 0 Å². The summed E-state index contributed by atoms with van der Waals surface area (Å²) in [5, 5.41) is 0. The van der Waals surface area contributed by atoms with Crippen LogP contribution in [-0.2, 0) is 13.1 Å². The highest BCUT2D eigenvalue weighted by molar-refractivity contribution is 5.64. The van der Waals surface area contributed by atoms with E-state index < -0.39 is 0 Å². The zero-order chi connectivity index (χ0) is 18.5. The number of pyridine rings is 2. The Kier molecular flexibility index (Phi) is 5.52. The molecule has 1 aromatic carbocycles. The fraction of sp³-hybridized carbons (Fsp3) is 0.273. The molecule has 0 fully saturated rings. The Labute approximate surface area is 153 Å². The van der Waals surface area contributed by atoms with Crippen LogP contribution < -0.4 is 11.1 Å². The van der Waals surface area contributed by atoms with E-state index in [-0.39, 0.29) is 11.1 Å². The Hall–Kier alpha value is -2.88. The van der Waals surface area contributed by atoms with Crippen LogP contribution in [0.3, 0.4) is 0 Å². The van der Waals surface area contributed by atoms with Gasteiger partial charge in [0.25, 0.3) is 11.1 Å². The largest absolute Gasteiger partial charge is 0.315 e. The molecule has 0 amide bonds. The zero-order valence-corrected chi connectivity index (χ0v) is 15.3. The molecule has 0 atom stereocenters. The Morgan fingerprint density at radius 2 is 1.77 bits per heavy atom. The summed E-state index contributed by atoms with van der Waals surface area (Å²) in [6, 6.07) is 15.3. The van der Waals surface area contributed by atoms with Gasteiger partial charge in [-0.25, -0.2) is 0 Å². The first-order valence-electron chi connectivity index (χ1n) is 9.04. The van der Waals surface area contributed by atoms with Gasteiger partial charge in [0.2, 0.25) is 0 Å². The van der Waals surface area contributed by atoms with E-state index in [1.54, 1.807) is 22.9 Å². The van der Waals surface area contributed by atoms with Crippen LogP contribution in [0.2, 0.25) is 0 Å². The molecule has 0 spiro atoms. The standard InChI is InChI=1S/C22H24N2O2/c1-3-4-11-24-16-20(13-17(2)22(24)26)19-9-7-8-18(14-19)15-23-12-6-5-10-21(23)25/h5-10,12-14,16H,3-4,11,15H2,1-2H3. The predicted octanol–water partition coefficient (Wildman–Crippen LogP) is 3.83. The summed E-state index contributed by atoms with van der Waals surface area (Å²) >= 11 is 0. The molecule has 4 nitrogen and oxygen atoms in total. The lowest BCUT2D eigenvalue weighted by molar-refractivity contribution is 0.611. The summed E-state index contributed by atoms with van der Waals surface area (Å²) in [6.07, 6.45) is 5.78. The van der Waals surface area contributed by atoms with E-state index in [2.05, 4.69) is 13.0 Å². The van der Waals surface area contributed by atoms with Crippen LogP contribution in [0.5, 0.6) is 0 Å². The highest BCUT2D eigenvalue weighted by atomic mass is 16.1. The van der Waals surface area contributed by atoms with Gasteiger partial charge in [-0.1, -0.05) is 37.6 Å². The maximum Gasteiger partial charge on any atom is 0.253 e. The molecular formula is C22H24N2O2. The Balaban J connectivity index is 1.95. The fourth-order valence-electron chi connectivity index (χ4n) is 3.07. The lowest BCUT2D eigenvalue weighted by atomic mass is 10.0. The lowest BCUT2D eigenvalue weighted by Crippen LogP contribution is -2.22. The van der Waals surface area contributed by atoms with E-state index in [4.69, 9.17) is 0 Å². The van der Waals surface area contributed by atoms with Gasteiger partial charge in [0.15, 0.2) is 0 Å². The minimum absolute atomic E-state index is 0.0122. The number of nitrogens with zero attached hydrogens (tertiary/aromatic N) is 2. The number of hydrogen-bond donors (Lipinski definition) is 0. The van der Waals surface area contributed by atoms with Crippen LogP contribution in [0.25, 0.3) is 11.1 Å². The van der Waals surface area contributed by atoms with Gasteiger partial charge in [0, 0.05) is 30.6 Å². The van der Waals surface area contributed by atoms with Crippen molar-refractivity contribution in [3.05, 3.63) is 92.8 Å². The molecule has 0 aliphatic carbocycles. The fourth-order valence-corrected chi connectivity index (χ4v) is 3.07. The molecule has 0 unspecified atom stereocenters. The molecule has 0 aliphatic rings. The highest BCUT2D eigenvalue weighted by Crippen LogP contribution is 2.21. The van der Waals surface area contributed by atoms with Crippen molar-refractivity contribution in [2.24, 2.45) is 0 Å². The molecule has 0 saturated heterocycles. The molecule has 0 N–H and O–H groups in total. The molecule has 0 bridgehead atoms. The second-order valence-corrected chi connectivity index (χ2v) is 6.63. The monoisotopic (exact) mass is 348 g/mol. The van der Waals surface area contributed by atoms with E-state index in [0.29, 0.717) is 6.54 Å². The summed E-state index contributed by atoms with van der Waals surface area (Å²) in [5.74, 6) is 0. The maximum absolute atomic E-state index is 12.3. The summed E-state index contributed by atoms with van der Waals surface area (Å²) in [7, 11) is 0. The molecule has 3 aromatic rings. The molecule has 2 aromatic heterocycles. The number of hydrogen-bond acceptors (Lipinski definition) is 2. The molecular weight excluding hydrogens is 324 g/mol. The Morgan fingerprint density at radius 3 is 2.54 bits per heavy atom. The third kappa shape index (κ3) is 4.02. The normalized spacial score (nSPS) is 10.8. The van der Waals surface area contributed by atoms with Crippen molar-refractivity contribution in [2.45, 2.75) is 39.8 Å². The SMILES string of the molecule is CCCCn1cc(-c2cccc(Cn3ccccc3=O)c2)cc(C)c1=O. The van der Waals surface area contributed by atoms with E-state index >= 15 is 0 Å². The van der Waals surface area contributed by atoms with Crippen molar-refractivity contribution in [1.29, 1.82) is 0 Å². The van der Waals surface area contributed by atoms with Gasteiger partial charge in [-0.05, 0) is 48.2 Å². The van der Waals surface area contributed by atoms with Crippen molar-refractivity contribution < 1.29 is 0 Å². The molecule has 4 heteroatoms. The average molecular weight is 348 g/mol. The average Bonchev–Trinajstić information content (AvgIpc) is 2.65. The van der Waals surface area contributed by atoms with Gasteiger partial charge >= 0.3 is 0 Å². The predicted molar refractivity (Wildman–Crippen MR) is 106 cm³/mol. The van der Waals surface area contributed by atoms with E-state index in [9.17, 15) is 9.59 Å². The molecule has 0 radical (unpaired) electrons. The minimum atomic E-state index is -0.0122. The number of benzene rings is 1. The smallest absolute Gasteiger partial charge is 0.253 e. The molecule has 0 aliphatic heterocycles. The first kappa shape index (κ1) is 17.9. The first-order chi connectivity index (χ1) is 12.6. The minimum Gasteiger partial charge on any atom is -0.315 e. The number of unbranched alkanes of at least 4 members (excludes halogenated alkanes) is 1. The van der Waals surface area contributed by atoms with Gasteiger partial charge < -0.3 is 9.13 Å². The van der Waals surface area contributed by atoms with Gasteiger partial charge in [-0.3, -0.25) is 9.59 Å². The molecule has 26 heavy (non-hydrogen) atoms. The summed E-state index contributed by atoms with van der Waals surface area (Å²) in [5.41, 5.74) is 3.96. The van der Waals surface area contributed by atoms with Crippen molar-refractivity contribution >= 4 is 0 Å². The Bertz CT molecular complexity index is 1010. The van der Waals surface area contributed by atoms with Gasteiger partial charge in [0.05, 0.1) is 6.54 Å². The van der Waals surface area contributed by atoms with Gasteiger partial charge in [0.1, 0.15) is 0 Å². The second kappa shape index (κ2) is 8.00. The summed E-state index contributed by atoms with van der Waals surface area (Å²) in [4.78, 5) is 24.3. The lowest BCUT2D eigenvalue weighted by Gasteiger charge is -2.12. The van der Waals surface area contributed by atoms with Gasteiger partial charge in [-0.15, -0.1) is 0 Å². The number of aryl methyl sites for hydroxylation is 2. The third-order valence-electron chi connectivity index (χ3n) is 4.53. The van der Waals surface area contributed by atoms with Crippen LogP contribution in [-0.4, -0.2) is 9.13 Å². The summed E-state index contributed by atoms with van der Waals surface area (Å²) < 4.78 is 3.50.